The van der Waals surface area contributed by atoms with Crippen LogP contribution in [-0.4, -0.2) is 26.9 Å². The molecule has 0 spiro atoms. The van der Waals surface area contributed by atoms with E-state index in [1.807, 2.05) is 56.3 Å². The highest BCUT2D eigenvalue weighted by Crippen LogP contribution is 2.25. The molecule has 3 rings (SSSR count). The molecule has 0 fully saturated rings. The van der Waals surface area contributed by atoms with Gasteiger partial charge in [0, 0.05) is 11.1 Å². The third-order valence-corrected chi connectivity index (χ3v) is 7.17. The second-order valence-electron chi connectivity index (χ2n) is 7.79. The Balaban J connectivity index is 1.75. The van der Waals surface area contributed by atoms with Crippen LogP contribution in [0.25, 0.3) is 0 Å². The van der Waals surface area contributed by atoms with E-state index in [-0.39, 0.29) is 23.4 Å². The fourth-order valence-corrected chi connectivity index (χ4v) is 4.86. The van der Waals surface area contributed by atoms with Gasteiger partial charge in [-0.15, -0.1) is 0 Å². The maximum atomic E-state index is 13.4. The second-order valence-corrected chi connectivity index (χ2v) is 10.1. The molecule has 3 aromatic rings. The number of nitrogens with one attached hydrogen (secondary N) is 1. The van der Waals surface area contributed by atoms with Crippen LogP contribution in [-0.2, 0) is 21.2 Å². The Hall–Kier alpha value is -2.83. The average molecular weight is 471 g/mol. The molecule has 32 heavy (non-hydrogen) atoms. The summed E-state index contributed by atoms with van der Waals surface area (Å²) >= 11 is 5.92. The minimum atomic E-state index is -3.96. The van der Waals surface area contributed by atoms with E-state index >= 15 is 0 Å². The molecular weight excluding hydrogens is 444 g/mol. The molecule has 7 heteroatoms. The molecule has 0 bridgehead atoms. The predicted molar refractivity (Wildman–Crippen MR) is 130 cm³/mol. The lowest BCUT2D eigenvalue weighted by Gasteiger charge is -2.25. The summed E-state index contributed by atoms with van der Waals surface area (Å²) in [6, 6.07) is 22.9. The van der Waals surface area contributed by atoms with Crippen molar-refractivity contribution >= 4 is 33.2 Å². The molecule has 1 N–H and O–H groups in total. The number of benzene rings is 3. The topological polar surface area (TPSA) is 66.5 Å². The van der Waals surface area contributed by atoms with E-state index in [1.165, 1.54) is 29.8 Å². The highest BCUT2D eigenvalue weighted by atomic mass is 35.5. The highest BCUT2D eigenvalue weighted by molar-refractivity contribution is 7.92. The van der Waals surface area contributed by atoms with E-state index in [0.29, 0.717) is 10.7 Å². The van der Waals surface area contributed by atoms with E-state index in [2.05, 4.69) is 5.32 Å². The number of anilines is 1. The van der Waals surface area contributed by atoms with E-state index in [1.54, 1.807) is 12.1 Å². The van der Waals surface area contributed by atoms with Crippen LogP contribution in [0.5, 0.6) is 0 Å². The zero-order valence-corrected chi connectivity index (χ0v) is 19.7. The van der Waals surface area contributed by atoms with Crippen LogP contribution in [0.2, 0.25) is 5.02 Å². The molecule has 0 unspecified atom stereocenters. The smallest absolute Gasteiger partial charge is 0.264 e. The highest BCUT2D eigenvalue weighted by Gasteiger charge is 2.27. The van der Waals surface area contributed by atoms with E-state index in [0.717, 1.165) is 22.7 Å². The van der Waals surface area contributed by atoms with Gasteiger partial charge in [-0.1, -0.05) is 59.6 Å². The van der Waals surface area contributed by atoms with E-state index in [9.17, 15) is 13.2 Å². The second kappa shape index (κ2) is 10.7. The maximum Gasteiger partial charge on any atom is 0.264 e. The molecule has 0 saturated carbocycles. The van der Waals surface area contributed by atoms with Crippen molar-refractivity contribution in [2.75, 3.05) is 10.8 Å². The van der Waals surface area contributed by atoms with Crippen LogP contribution in [0.3, 0.4) is 0 Å². The number of amides is 1. The molecule has 0 heterocycles. The molecule has 1 amide bonds. The van der Waals surface area contributed by atoms with Crippen LogP contribution in [0.15, 0.2) is 83.8 Å². The summed E-state index contributed by atoms with van der Waals surface area (Å²) < 4.78 is 27.9. The summed E-state index contributed by atoms with van der Waals surface area (Å²) in [5, 5.41) is 3.37. The van der Waals surface area contributed by atoms with Gasteiger partial charge in [0.25, 0.3) is 10.0 Å². The van der Waals surface area contributed by atoms with Crippen molar-refractivity contribution in [2.45, 2.75) is 37.6 Å². The number of hydrogen-bond acceptors (Lipinski definition) is 3. The Morgan fingerprint density at radius 2 is 1.59 bits per heavy atom. The predicted octanol–water partition coefficient (Wildman–Crippen LogP) is 4.98. The van der Waals surface area contributed by atoms with Crippen LogP contribution >= 0.6 is 11.6 Å². The van der Waals surface area contributed by atoms with Gasteiger partial charge < -0.3 is 5.32 Å². The number of carbonyl (C=O) groups excluding carboxylic acids is 1. The summed E-state index contributed by atoms with van der Waals surface area (Å²) in [6.45, 7) is 3.53. The maximum absolute atomic E-state index is 13.4. The summed E-state index contributed by atoms with van der Waals surface area (Å²) in [5.41, 5.74) is 2.62. The van der Waals surface area contributed by atoms with Crippen molar-refractivity contribution in [3.63, 3.8) is 0 Å². The Bertz CT molecular complexity index is 1130. The van der Waals surface area contributed by atoms with Gasteiger partial charge in [-0.3, -0.25) is 9.10 Å². The minimum absolute atomic E-state index is 0.0763. The third-order valence-electron chi connectivity index (χ3n) is 5.13. The number of hydrogen-bond donors (Lipinski definition) is 1. The number of sulfonamides is 1. The van der Waals surface area contributed by atoms with Crippen LogP contribution in [0.1, 0.15) is 24.5 Å². The lowest BCUT2D eigenvalue weighted by atomic mass is 10.1. The van der Waals surface area contributed by atoms with E-state index < -0.39 is 10.0 Å². The first-order valence-electron chi connectivity index (χ1n) is 10.4. The van der Waals surface area contributed by atoms with Gasteiger partial charge in [-0.2, -0.15) is 0 Å². The number of rotatable bonds is 9. The van der Waals surface area contributed by atoms with Crippen LogP contribution in [0.4, 0.5) is 5.69 Å². The van der Waals surface area contributed by atoms with E-state index in [4.69, 9.17) is 11.6 Å². The zero-order chi connectivity index (χ0) is 23.1. The van der Waals surface area contributed by atoms with Gasteiger partial charge in [-0.25, -0.2) is 8.42 Å². The van der Waals surface area contributed by atoms with Gasteiger partial charge in [-0.05, 0) is 68.7 Å². The average Bonchev–Trinajstić information content (AvgIpc) is 2.78. The van der Waals surface area contributed by atoms with Crippen molar-refractivity contribution in [2.24, 2.45) is 0 Å². The molecule has 5 nitrogen and oxygen atoms in total. The molecule has 0 aliphatic carbocycles. The summed E-state index contributed by atoms with van der Waals surface area (Å²) in [5.74, 6) is -0.358. The molecule has 0 aromatic heterocycles. The third kappa shape index (κ3) is 6.34. The molecule has 0 aliphatic heterocycles. The summed E-state index contributed by atoms with van der Waals surface area (Å²) in [6.07, 6.45) is 1.58. The molecule has 3 aromatic carbocycles. The van der Waals surface area contributed by atoms with Crippen LogP contribution < -0.4 is 9.62 Å². The molecule has 168 valence electrons. The minimum Gasteiger partial charge on any atom is -0.352 e. The molecule has 0 radical (unpaired) electrons. The van der Waals surface area contributed by atoms with Gasteiger partial charge in [0.05, 0.1) is 10.6 Å². The first-order chi connectivity index (χ1) is 15.3. The number of halogens is 1. The Morgan fingerprint density at radius 1 is 0.969 bits per heavy atom. The van der Waals surface area contributed by atoms with Gasteiger partial charge in [0.2, 0.25) is 5.91 Å². The number of nitrogens with zero attached hydrogens (tertiary/aromatic N) is 1. The van der Waals surface area contributed by atoms with Crippen molar-refractivity contribution in [3.8, 4) is 0 Å². The Morgan fingerprint density at radius 3 is 2.22 bits per heavy atom. The first kappa shape index (κ1) is 23.8. The molecular formula is C25H27ClN2O3S. The fraction of sp³-hybridized carbons (Fsp3) is 0.240. The Kier molecular flexibility index (Phi) is 7.94. The SMILES string of the molecule is Cc1ccc(N(CC(=O)N[C@H](C)CCc2ccccc2)S(=O)(=O)c2ccc(Cl)cc2)cc1. The quantitative estimate of drug-likeness (QED) is 0.479. The number of aryl methyl sites for hydroxylation is 2. The first-order valence-corrected chi connectivity index (χ1v) is 12.3. The Labute approximate surface area is 195 Å². The van der Waals surface area contributed by atoms with Gasteiger partial charge >= 0.3 is 0 Å². The lowest BCUT2D eigenvalue weighted by molar-refractivity contribution is -0.120. The molecule has 1 atom stereocenters. The largest absolute Gasteiger partial charge is 0.352 e. The fourth-order valence-electron chi connectivity index (χ4n) is 3.31. The van der Waals surface area contributed by atoms with Crippen molar-refractivity contribution < 1.29 is 13.2 Å². The summed E-state index contributed by atoms with van der Waals surface area (Å²) in [7, 11) is -3.96. The normalized spacial score (nSPS) is 12.2. The molecule has 0 aliphatic rings. The monoisotopic (exact) mass is 470 g/mol. The zero-order valence-electron chi connectivity index (χ0n) is 18.2. The number of carbonyl (C=O) groups is 1. The lowest BCUT2D eigenvalue weighted by Crippen LogP contribution is -2.43. The van der Waals surface area contributed by atoms with Crippen molar-refractivity contribution in [1.82, 2.24) is 5.32 Å². The summed E-state index contributed by atoms with van der Waals surface area (Å²) in [4.78, 5) is 12.9. The van der Waals surface area contributed by atoms with Gasteiger partial charge in [0.15, 0.2) is 0 Å². The van der Waals surface area contributed by atoms with Crippen molar-refractivity contribution in [3.05, 3.63) is 95.0 Å². The van der Waals surface area contributed by atoms with Crippen molar-refractivity contribution in [1.29, 1.82) is 0 Å². The standard InChI is InChI=1S/C25H27ClN2O3S/c1-19-8-14-23(15-9-19)28(32(30,31)24-16-12-22(26)13-17-24)18-25(29)27-20(2)10-11-21-6-4-3-5-7-21/h3-9,12-17,20H,10-11,18H2,1-2H3,(H,27,29)/t20-/m1/s1. The van der Waals surface area contributed by atoms with Crippen LogP contribution in [0, 0.1) is 6.92 Å². The molecule has 0 saturated heterocycles. The van der Waals surface area contributed by atoms with Gasteiger partial charge in [0.1, 0.15) is 6.54 Å².